The molecule has 0 aromatic rings. The Bertz CT molecular complexity index is 83.7. The summed E-state index contributed by atoms with van der Waals surface area (Å²) in [6, 6.07) is 0. The Morgan fingerprint density at radius 2 is 1.83 bits per heavy atom. The summed E-state index contributed by atoms with van der Waals surface area (Å²) in [5, 5.41) is 0. The summed E-state index contributed by atoms with van der Waals surface area (Å²) in [5.74, 6) is 0. The van der Waals surface area contributed by atoms with Gasteiger partial charge in [0.1, 0.15) is 0 Å². The number of rotatable bonds is 1. The quantitative estimate of drug-likeness (QED) is 0.462. The molecule has 0 aromatic heterocycles. The van der Waals surface area contributed by atoms with Gasteiger partial charge < -0.3 is 0 Å². The molecule has 0 saturated heterocycles. The zero-order valence-corrected chi connectivity index (χ0v) is 5.03. The molecule has 0 bridgehead atoms. The van der Waals surface area contributed by atoms with E-state index < -0.39 is 7.42 Å². The van der Waals surface area contributed by atoms with Crippen molar-refractivity contribution in [3.63, 3.8) is 0 Å². The average Bonchev–Trinajstić information content (AvgIpc) is 1.36. The molecule has 0 spiro atoms. The molecule has 0 aromatic carbocycles. The van der Waals surface area contributed by atoms with Crippen LogP contribution in [0.25, 0.3) is 0 Å². The van der Waals surface area contributed by atoms with Crippen LogP contribution in [-0.2, 0) is 4.57 Å². The smallest absolute Gasteiger partial charge is 0.0917 e. The molecule has 0 aliphatic rings. The molecule has 0 fully saturated rings. The van der Waals surface area contributed by atoms with Crippen molar-refractivity contribution >= 4 is 13.7 Å². The topological polar surface area (TPSA) is 17.1 Å². The molecule has 0 saturated carbocycles. The highest BCUT2D eigenvalue weighted by atomic mass is 31.1. The highest BCUT2D eigenvalue weighted by Crippen LogP contribution is 2.09. The molecule has 0 heterocycles. The lowest BCUT2D eigenvalue weighted by molar-refractivity contribution is 0.592. The van der Waals surface area contributed by atoms with E-state index in [2.05, 4.69) is 6.30 Å². The molecule has 0 N–H and O–H groups in total. The molecule has 0 amide bonds. The van der Waals surface area contributed by atoms with Gasteiger partial charge in [0.05, 0.1) is 7.42 Å². The first-order valence-corrected chi connectivity index (χ1v) is 3.43. The Morgan fingerprint density at radius 3 is 1.83 bits per heavy atom. The summed E-state index contributed by atoms with van der Waals surface area (Å²) in [5.41, 5.74) is 0.250. The number of hydrogen-bond donors (Lipinski definition) is 0. The Labute approximate surface area is 38.8 Å². The van der Waals surface area contributed by atoms with Crippen molar-refractivity contribution in [2.24, 2.45) is 0 Å². The van der Waals surface area contributed by atoms with Crippen LogP contribution in [-0.4, -0.2) is 12.0 Å². The van der Waals surface area contributed by atoms with Crippen molar-refractivity contribution in [3.05, 3.63) is 0 Å². The van der Waals surface area contributed by atoms with E-state index in [1.54, 1.807) is 0 Å². The van der Waals surface area contributed by atoms with Crippen LogP contribution in [0.4, 0.5) is 0 Å². The van der Waals surface area contributed by atoms with Crippen molar-refractivity contribution in [1.29, 1.82) is 0 Å². The van der Waals surface area contributed by atoms with Gasteiger partial charge in [-0.15, -0.1) is 0 Å². The molecule has 2 heteroatoms. The zero-order valence-electron chi connectivity index (χ0n) is 4.14. The van der Waals surface area contributed by atoms with Crippen LogP contribution >= 0.6 is 7.42 Å². The van der Waals surface area contributed by atoms with Crippen LogP contribution in [0.15, 0.2) is 0 Å². The van der Waals surface area contributed by atoms with E-state index in [1.807, 2.05) is 13.8 Å². The minimum Gasteiger partial charge on any atom is -0.283 e. The Hall–Kier alpha value is -0.0300. The van der Waals surface area contributed by atoms with Gasteiger partial charge in [0.25, 0.3) is 0 Å². The largest absolute Gasteiger partial charge is 0.283 e. The first-order chi connectivity index (χ1) is 2.64. The number of hydrogen-bond acceptors (Lipinski definition) is 1. The van der Waals surface area contributed by atoms with Gasteiger partial charge in [0.2, 0.25) is 0 Å². The normalized spacial score (nSPS) is 12.2. The molecule has 1 atom stereocenters. The van der Waals surface area contributed by atoms with Crippen molar-refractivity contribution in [1.82, 2.24) is 0 Å². The first-order valence-electron chi connectivity index (χ1n) is 1.91. The Balaban J connectivity index is 3.57. The summed E-state index contributed by atoms with van der Waals surface area (Å²) in [6.45, 7) is 3.79. The van der Waals surface area contributed by atoms with Crippen molar-refractivity contribution in [2.75, 3.05) is 0 Å². The maximum Gasteiger partial charge on any atom is 0.0917 e. The standard InChI is InChI=1S/C4H9OP/c1-4(2)6(3)5/h4H,3H2,1-2H3. The van der Waals surface area contributed by atoms with E-state index in [0.29, 0.717) is 0 Å². The molecule has 1 nitrogen and oxygen atoms in total. The third kappa shape index (κ3) is 2.22. The maximum atomic E-state index is 10.2. The molecule has 0 rings (SSSR count). The monoisotopic (exact) mass is 104 g/mol. The molecule has 0 aliphatic heterocycles. The predicted octanol–water partition coefficient (Wildman–Crippen LogP) is 1.65. The van der Waals surface area contributed by atoms with Crippen molar-refractivity contribution < 1.29 is 4.57 Å². The summed E-state index contributed by atoms with van der Waals surface area (Å²) < 4.78 is 10.2. The van der Waals surface area contributed by atoms with Crippen LogP contribution in [0.2, 0.25) is 0 Å². The summed E-state index contributed by atoms with van der Waals surface area (Å²) in [4.78, 5) is 0. The fraction of sp³-hybridized carbons (Fsp3) is 0.750. The predicted molar refractivity (Wildman–Crippen MR) is 29.9 cm³/mol. The van der Waals surface area contributed by atoms with Gasteiger partial charge >= 0.3 is 0 Å². The van der Waals surface area contributed by atoms with Gasteiger partial charge in [-0.25, -0.2) is 0 Å². The lowest BCUT2D eigenvalue weighted by Crippen LogP contribution is -1.76. The zero-order chi connectivity index (χ0) is 5.15. The van der Waals surface area contributed by atoms with Crippen LogP contribution in [0.1, 0.15) is 13.8 Å². The second-order valence-electron chi connectivity index (χ2n) is 1.51. The molecular formula is C4H9OP. The molecule has 0 aliphatic carbocycles. The Morgan fingerprint density at radius 1 is 1.67 bits per heavy atom. The fourth-order valence-electron chi connectivity index (χ4n) is 0. The van der Waals surface area contributed by atoms with E-state index in [1.165, 1.54) is 0 Å². The third-order valence-electron chi connectivity index (χ3n) is 0.576. The van der Waals surface area contributed by atoms with E-state index in [4.69, 9.17) is 0 Å². The van der Waals surface area contributed by atoms with Gasteiger partial charge in [-0.1, -0.05) is 13.8 Å². The van der Waals surface area contributed by atoms with Gasteiger partial charge in [0, 0.05) is 5.66 Å². The third-order valence-corrected chi connectivity index (χ3v) is 1.73. The molecule has 1 unspecified atom stereocenters. The molecule has 0 radical (unpaired) electrons. The van der Waals surface area contributed by atoms with Gasteiger partial charge in [0.15, 0.2) is 0 Å². The van der Waals surface area contributed by atoms with Crippen molar-refractivity contribution in [2.45, 2.75) is 19.5 Å². The van der Waals surface area contributed by atoms with E-state index in [0.717, 1.165) is 0 Å². The van der Waals surface area contributed by atoms with E-state index in [-0.39, 0.29) is 5.66 Å². The van der Waals surface area contributed by atoms with E-state index >= 15 is 0 Å². The first kappa shape index (κ1) is 5.97. The fourth-order valence-corrected chi connectivity index (χ4v) is 0. The van der Waals surface area contributed by atoms with E-state index in [9.17, 15) is 4.57 Å². The summed E-state index contributed by atoms with van der Waals surface area (Å²) in [6.07, 6.45) is 3.35. The molecule has 6 heavy (non-hydrogen) atoms. The molecule has 36 valence electrons. The summed E-state index contributed by atoms with van der Waals surface area (Å²) in [7, 11) is -1.16. The second kappa shape index (κ2) is 2.20. The van der Waals surface area contributed by atoms with Crippen molar-refractivity contribution in [3.8, 4) is 0 Å². The SMILES string of the molecule is C=P(=O)C(C)C. The van der Waals surface area contributed by atoms with Crippen LogP contribution in [0.5, 0.6) is 0 Å². The highest BCUT2D eigenvalue weighted by molar-refractivity contribution is 7.43. The van der Waals surface area contributed by atoms with Crippen LogP contribution in [0.3, 0.4) is 0 Å². The average molecular weight is 104 g/mol. The molecular weight excluding hydrogens is 95.0 g/mol. The lowest BCUT2D eigenvalue weighted by Gasteiger charge is -1.84. The minimum absolute atomic E-state index is 0.250. The second-order valence-corrected chi connectivity index (χ2v) is 3.38. The van der Waals surface area contributed by atoms with Crippen LogP contribution < -0.4 is 0 Å². The van der Waals surface area contributed by atoms with Crippen LogP contribution in [0, 0.1) is 0 Å². The Kier molecular flexibility index (Phi) is 2.19. The van der Waals surface area contributed by atoms with Gasteiger partial charge in [-0.2, -0.15) is 0 Å². The minimum atomic E-state index is -1.16. The highest BCUT2D eigenvalue weighted by Gasteiger charge is 1.86. The maximum absolute atomic E-state index is 10.2. The lowest BCUT2D eigenvalue weighted by atomic mass is 10.6. The van der Waals surface area contributed by atoms with Gasteiger partial charge in [-0.3, -0.25) is 4.57 Å². The van der Waals surface area contributed by atoms with Gasteiger partial charge in [-0.05, 0) is 6.30 Å². The summed E-state index contributed by atoms with van der Waals surface area (Å²) >= 11 is 0.